The highest BCUT2D eigenvalue weighted by Crippen LogP contribution is 2.35. The van der Waals surface area contributed by atoms with Crippen LogP contribution in [0.15, 0.2) is 18.2 Å². The van der Waals surface area contributed by atoms with E-state index in [0.29, 0.717) is 6.79 Å². The zero-order valence-corrected chi connectivity index (χ0v) is 12.6. The topological polar surface area (TPSA) is 24.9 Å². The fourth-order valence-electron chi connectivity index (χ4n) is 2.73. The first kappa shape index (κ1) is 14.0. The first-order chi connectivity index (χ1) is 9.76. The molecule has 0 spiro atoms. The molecule has 3 rings (SSSR count). The summed E-state index contributed by atoms with van der Waals surface area (Å²) >= 11 is 6.56. The molecule has 0 saturated carbocycles. The molecule has 0 radical (unpaired) electrons. The SMILES string of the molecule is CCN1CCN(CC(Cl)c2ccc3c(c2)OCO3)CC1. The molecule has 1 saturated heterocycles. The minimum absolute atomic E-state index is 0.00215. The predicted octanol–water partition coefficient (Wildman–Crippen LogP) is 2.33. The van der Waals surface area contributed by atoms with E-state index < -0.39 is 0 Å². The van der Waals surface area contributed by atoms with E-state index in [4.69, 9.17) is 21.1 Å². The fraction of sp³-hybridized carbons (Fsp3) is 0.600. The Morgan fingerprint density at radius 3 is 2.55 bits per heavy atom. The summed E-state index contributed by atoms with van der Waals surface area (Å²) in [6, 6.07) is 5.98. The third-order valence-electron chi connectivity index (χ3n) is 4.09. The average molecular weight is 297 g/mol. The molecule has 1 aromatic rings. The molecule has 1 fully saturated rings. The minimum atomic E-state index is -0.00215. The molecule has 1 unspecified atom stereocenters. The van der Waals surface area contributed by atoms with Gasteiger partial charge in [-0.1, -0.05) is 13.0 Å². The number of fused-ring (bicyclic) bond motifs is 1. The minimum Gasteiger partial charge on any atom is -0.454 e. The summed E-state index contributed by atoms with van der Waals surface area (Å²) < 4.78 is 10.7. The molecule has 2 aliphatic heterocycles. The molecule has 0 N–H and O–H groups in total. The highest BCUT2D eigenvalue weighted by atomic mass is 35.5. The second-order valence-corrected chi connectivity index (χ2v) is 5.84. The van der Waals surface area contributed by atoms with Gasteiger partial charge in [-0.25, -0.2) is 0 Å². The maximum absolute atomic E-state index is 6.56. The first-order valence-electron chi connectivity index (χ1n) is 7.24. The highest BCUT2D eigenvalue weighted by molar-refractivity contribution is 6.21. The van der Waals surface area contributed by atoms with Crippen LogP contribution in [0.3, 0.4) is 0 Å². The van der Waals surface area contributed by atoms with Crippen LogP contribution in [0, 0.1) is 0 Å². The fourth-order valence-corrected chi connectivity index (χ4v) is 3.06. The number of hydrogen-bond acceptors (Lipinski definition) is 4. The van der Waals surface area contributed by atoms with Crippen molar-refractivity contribution in [1.29, 1.82) is 0 Å². The van der Waals surface area contributed by atoms with E-state index in [1.54, 1.807) is 0 Å². The summed E-state index contributed by atoms with van der Waals surface area (Å²) in [4.78, 5) is 4.91. The Kier molecular flexibility index (Phi) is 4.34. The van der Waals surface area contributed by atoms with Gasteiger partial charge >= 0.3 is 0 Å². The number of benzene rings is 1. The summed E-state index contributed by atoms with van der Waals surface area (Å²) in [5.41, 5.74) is 1.11. The molecule has 1 atom stereocenters. The van der Waals surface area contributed by atoms with Gasteiger partial charge in [0, 0.05) is 32.7 Å². The molecule has 0 aromatic heterocycles. The van der Waals surface area contributed by atoms with Gasteiger partial charge in [-0.2, -0.15) is 0 Å². The van der Waals surface area contributed by atoms with Gasteiger partial charge in [0.25, 0.3) is 0 Å². The van der Waals surface area contributed by atoms with Gasteiger partial charge in [0.15, 0.2) is 11.5 Å². The lowest BCUT2D eigenvalue weighted by Gasteiger charge is -2.35. The number of alkyl halides is 1. The maximum Gasteiger partial charge on any atom is 0.231 e. The van der Waals surface area contributed by atoms with Crippen LogP contribution in [0.2, 0.25) is 0 Å². The summed E-state index contributed by atoms with van der Waals surface area (Å²) in [5, 5.41) is -0.00215. The molecule has 5 heteroatoms. The number of likely N-dealkylation sites (N-methyl/N-ethyl adjacent to an activating group) is 1. The van der Waals surface area contributed by atoms with Crippen LogP contribution in [0.25, 0.3) is 0 Å². The van der Waals surface area contributed by atoms with Crippen molar-refractivity contribution in [2.45, 2.75) is 12.3 Å². The van der Waals surface area contributed by atoms with E-state index in [9.17, 15) is 0 Å². The molecule has 2 heterocycles. The number of nitrogens with zero attached hydrogens (tertiary/aromatic N) is 2. The molecular weight excluding hydrogens is 276 g/mol. The van der Waals surface area contributed by atoms with Crippen LogP contribution in [-0.4, -0.2) is 55.9 Å². The standard InChI is InChI=1S/C15H21ClN2O2/c1-2-17-5-7-18(8-6-17)10-13(16)12-3-4-14-15(9-12)20-11-19-14/h3-4,9,13H,2,5-8,10-11H2,1H3. The average Bonchev–Trinajstić information content (AvgIpc) is 2.95. The quantitative estimate of drug-likeness (QED) is 0.796. The van der Waals surface area contributed by atoms with Crippen molar-refractivity contribution in [2.24, 2.45) is 0 Å². The van der Waals surface area contributed by atoms with Crippen molar-refractivity contribution in [3.05, 3.63) is 23.8 Å². The van der Waals surface area contributed by atoms with Gasteiger partial charge < -0.3 is 14.4 Å². The Balaban J connectivity index is 1.58. The molecule has 4 nitrogen and oxygen atoms in total. The maximum atomic E-state index is 6.56. The number of piperazine rings is 1. The summed E-state index contributed by atoms with van der Waals surface area (Å²) in [7, 11) is 0. The summed E-state index contributed by atoms with van der Waals surface area (Å²) in [6.45, 7) is 9.03. The highest BCUT2D eigenvalue weighted by Gasteiger charge is 2.21. The second kappa shape index (κ2) is 6.20. The van der Waals surface area contributed by atoms with Crippen molar-refractivity contribution >= 4 is 11.6 Å². The molecule has 20 heavy (non-hydrogen) atoms. The third kappa shape index (κ3) is 3.03. The zero-order chi connectivity index (χ0) is 13.9. The molecule has 0 amide bonds. The number of hydrogen-bond donors (Lipinski definition) is 0. The molecule has 0 aliphatic carbocycles. The van der Waals surface area contributed by atoms with E-state index in [0.717, 1.165) is 56.3 Å². The van der Waals surface area contributed by atoms with Crippen LogP contribution >= 0.6 is 11.6 Å². The van der Waals surface area contributed by atoms with Crippen molar-refractivity contribution in [2.75, 3.05) is 46.1 Å². The van der Waals surface area contributed by atoms with Crippen molar-refractivity contribution in [3.8, 4) is 11.5 Å². The van der Waals surface area contributed by atoms with Crippen molar-refractivity contribution in [3.63, 3.8) is 0 Å². The Hall–Kier alpha value is -0.970. The lowest BCUT2D eigenvalue weighted by atomic mass is 10.1. The van der Waals surface area contributed by atoms with Gasteiger partial charge in [-0.3, -0.25) is 4.90 Å². The van der Waals surface area contributed by atoms with Gasteiger partial charge in [0.1, 0.15) is 0 Å². The number of ether oxygens (including phenoxy) is 2. The molecule has 2 aliphatic rings. The lowest BCUT2D eigenvalue weighted by molar-refractivity contribution is 0.137. The zero-order valence-electron chi connectivity index (χ0n) is 11.8. The normalized spacial score (nSPS) is 21.1. The van der Waals surface area contributed by atoms with Crippen LogP contribution in [-0.2, 0) is 0 Å². The number of rotatable bonds is 4. The Morgan fingerprint density at radius 2 is 1.80 bits per heavy atom. The van der Waals surface area contributed by atoms with E-state index in [1.807, 2.05) is 18.2 Å². The van der Waals surface area contributed by atoms with E-state index in [2.05, 4.69) is 16.7 Å². The van der Waals surface area contributed by atoms with E-state index >= 15 is 0 Å². The van der Waals surface area contributed by atoms with Crippen molar-refractivity contribution < 1.29 is 9.47 Å². The summed E-state index contributed by atoms with van der Waals surface area (Å²) in [6.07, 6.45) is 0. The Morgan fingerprint density at radius 1 is 1.10 bits per heavy atom. The molecule has 1 aromatic carbocycles. The van der Waals surface area contributed by atoms with E-state index in [1.165, 1.54) is 0 Å². The molecule has 110 valence electrons. The molecule has 0 bridgehead atoms. The third-order valence-corrected chi connectivity index (χ3v) is 4.48. The lowest BCUT2D eigenvalue weighted by Crippen LogP contribution is -2.46. The Bertz CT molecular complexity index is 461. The monoisotopic (exact) mass is 296 g/mol. The van der Waals surface area contributed by atoms with Crippen molar-refractivity contribution in [1.82, 2.24) is 9.80 Å². The predicted molar refractivity (Wildman–Crippen MR) is 79.7 cm³/mol. The van der Waals surface area contributed by atoms with Crippen LogP contribution < -0.4 is 9.47 Å². The van der Waals surface area contributed by atoms with E-state index in [-0.39, 0.29) is 5.38 Å². The second-order valence-electron chi connectivity index (χ2n) is 5.32. The van der Waals surface area contributed by atoms with Crippen LogP contribution in [0.1, 0.15) is 17.9 Å². The van der Waals surface area contributed by atoms with Gasteiger partial charge in [-0.05, 0) is 24.2 Å². The van der Waals surface area contributed by atoms with Gasteiger partial charge in [0.2, 0.25) is 6.79 Å². The first-order valence-corrected chi connectivity index (χ1v) is 7.68. The van der Waals surface area contributed by atoms with Crippen LogP contribution in [0.5, 0.6) is 11.5 Å². The largest absolute Gasteiger partial charge is 0.454 e. The smallest absolute Gasteiger partial charge is 0.231 e. The van der Waals surface area contributed by atoms with Gasteiger partial charge in [0.05, 0.1) is 5.38 Å². The summed E-state index contributed by atoms with van der Waals surface area (Å²) in [5.74, 6) is 1.62. The number of halogens is 1. The van der Waals surface area contributed by atoms with Crippen LogP contribution in [0.4, 0.5) is 0 Å². The molecular formula is C15H21ClN2O2. The van der Waals surface area contributed by atoms with Gasteiger partial charge in [-0.15, -0.1) is 11.6 Å². The Labute approximate surface area is 125 Å².